The summed E-state index contributed by atoms with van der Waals surface area (Å²) in [5.41, 5.74) is 3.49. The van der Waals surface area contributed by atoms with Crippen molar-refractivity contribution in [3.8, 4) is 5.75 Å². The van der Waals surface area contributed by atoms with Gasteiger partial charge in [-0.1, -0.05) is 73.6 Å². The van der Waals surface area contributed by atoms with Crippen LogP contribution in [0.5, 0.6) is 5.75 Å². The predicted molar refractivity (Wildman–Crippen MR) is 131 cm³/mol. The topological polar surface area (TPSA) is 69.0 Å². The number of carbonyl (C=O) groups excluding carboxylic acids is 1. The zero-order valence-electron chi connectivity index (χ0n) is 18.8. The molecule has 2 aromatic carbocycles. The SMILES string of the molecule is COc1ccccc1C1C2=C(CC(C)(C)CC2=O)Nc2nc(SCc3ccccc3Cl)nn21. The number of nitrogens with one attached hydrogen (secondary N) is 1. The Hall–Kier alpha value is -2.77. The highest BCUT2D eigenvalue weighted by Crippen LogP contribution is 2.47. The second-order valence-corrected chi connectivity index (χ2v) is 10.5. The van der Waals surface area contributed by atoms with E-state index in [2.05, 4.69) is 19.2 Å². The Labute approximate surface area is 202 Å². The highest BCUT2D eigenvalue weighted by Gasteiger charge is 2.42. The van der Waals surface area contributed by atoms with E-state index in [1.165, 1.54) is 11.8 Å². The van der Waals surface area contributed by atoms with E-state index in [4.69, 9.17) is 26.4 Å². The number of methoxy groups -OCH3 is 1. The lowest BCUT2D eigenvalue weighted by Crippen LogP contribution is -2.36. The molecule has 33 heavy (non-hydrogen) atoms. The number of nitrogens with zero attached hydrogens (tertiary/aromatic N) is 3. The number of carbonyl (C=O) groups is 1. The molecule has 1 unspecified atom stereocenters. The van der Waals surface area contributed by atoms with Crippen molar-refractivity contribution in [2.45, 2.75) is 43.6 Å². The molecule has 5 rings (SSSR count). The Kier molecular flexibility index (Phi) is 5.70. The van der Waals surface area contributed by atoms with Gasteiger partial charge in [0, 0.05) is 34.0 Å². The molecule has 1 aliphatic heterocycles. The van der Waals surface area contributed by atoms with E-state index in [0.29, 0.717) is 23.3 Å². The summed E-state index contributed by atoms with van der Waals surface area (Å²) in [6.45, 7) is 4.25. The molecule has 1 atom stereocenters. The summed E-state index contributed by atoms with van der Waals surface area (Å²) in [5, 5.41) is 9.59. The van der Waals surface area contributed by atoms with Crippen LogP contribution in [0.4, 0.5) is 5.95 Å². The molecule has 0 amide bonds. The maximum absolute atomic E-state index is 13.4. The third-order valence-electron chi connectivity index (χ3n) is 6.06. The molecule has 0 bridgehead atoms. The summed E-state index contributed by atoms with van der Waals surface area (Å²) in [6.07, 6.45) is 1.27. The van der Waals surface area contributed by atoms with Crippen molar-refractivity contribution >= 4 is 35.1 Å². The first kappa shape index (κ1) is 22.0. The number of thioether (sulfide) groups is 1. The summed E-state index contributed by atoms with van der Waals surface area (Å²) in [5.74, 6) is 2.15. The first-order chi connectivity index (χ1) is 15.9. The molecular formula is C25H25ClN4O2S. The Morgan fingerprint density at radius 2 is 1.94 bits per heavy atom. The van der Waals surface area contributed by atoms with Crippen LogP contribution < -0.4 is 10.1 Å². The first-order valence-electron chi connectivity index (χ1n) is 10.9. The Bertz CT molecular complexity index is 1270. The number of ketones is 1. The number of hydrogen-bond acceptors (Lipinski definition) is 6. The Morgan fingerprint density at radius 1 is 1.18 bits per heavy atom. The lowest BCUT2D eigenvalue weighted by molar-refractivity contribution is -0.118. The minimum Gasteiger partial charge on any atom is -0.496 e. The molecule has 0 spiro atoms. The summed E-state index contributed by atoms with van der Waals surface area (Å²) in [6, 6.07) is 15.2. The predicted octanol–water partition coefficient (Wildman–Crippen LogP) is 5.89. The van der Waals surface area contributed by atoms with Crippen LogP contribution in [0.15, 0.2) is 65.0 Å². The van der Waals surface area contributed by atoms with Crippen LogP contribution >= 0.6 is 23.4 Å². The molecule has 0 radical (unpaired) electrons. The molecule has 0 fully saturated rings. The van der Waals surface area contributed by atoms with Gasteiger partial charge in [0.15, 0.2) is 5.78 Å². The van der Waals surface area contributed by atoms with E-state index >= 15 is 0 Å². The summed E-state index contributed by atoms with van der Waals surface area (Å²) in [7, 11) is 1.65. The number of Topliss-reactive ketones (excluding diaryl/α,β-unsaturated/α-hetero) is 1. The van der Waals surface area contributed by atoms with E-state index in [1.54, 1.807) is 7.11 Å². The maximum Gasteiger partial charge on any atom is 0.227 e. The van der Waals surface area contributed by atoms with E-state index in [-0.39, 0.29) is 11.2 Å². The van der Waals surface area contributed by atoms with Crippen molar-refractivity contribution in [1.29, 1.82) is 0 Å². The monoisotopic (exact) mass is 480 g/mol. The number of fused-ring (bicyclic) bond motifs is 1. The fourth-order valence-corrected chi connectivity index (χ4v) is 5.70. The standard InChI is InChI=1S/C25H25ClN4O2S/c1-25(2)12-18-21(19(31)13-25)22(16-9-5-7-11-20(16)32-3)30-23(27-18)28-24(29-30)33-14-15-8-4-6-10-17(15)26/h4-11,22H,12-14H2,1-3H3,(H,27,28,29). The van der Waals surface area contributed by atoms with Gasteiger partial charge in [0.05, 0.1) is 7.11 Å². The van der Waals surface area contributed by atoms with Crippen LogP contribution in [0, 0.1) is 5.41 Å². The molecule has 0 saturated carbocycles. The van der Waals surface area contributed by atoms with Gasteiger partial charge in [0.1, 0.15) is 11.8 Å². The first-order valence-corrected chi connectivity index (χ1v) is 12.2. The Balaban J connectivity index is 1.56. The van der Waals surface area contributed by atoms with Crippen LogP contribution in [-0.4, -0.2) is 27.7 Å². The van der Waals surface area contributed by atoms with Crippen molar-refractivity contribution in [3.05, 3.63) is 76.0 Å². The summed E-state index contributed by atoms with van der Waals surface area (Å²) in [4.78, 5) is 18.1. The van der Waals surface area contributed by atoms with Crippen molar-refractivity contribution in [1.82, 2.24) is 14.8 Å². The second kappa shape index (κ2) is 8.54. The molecule has 6 nitrogen and oxygen atoms in total. The summed E-state index contributed by atoms with van der Waals surface area (Å²) >= 11 is 7.84. The van der Waals surface area contributed by atoms with Crippen molar-refractivity contribution in [2.24, 2.45) is 5.41 Å². The average Bonchev–Trinajstić information content (AvgIpc) is 3.18. The summed E-state index contributed by atoms with van der Waals surface area (Å²) < 4.78 is 7.48. The fraction of sp³-hybridized carbons (Fsp3) is 0.320. The second-order valence-electron chi connectivity index (χ2n) is 9.15. The maximum atomic E-state index is 13.4. The van der Waals surface area contributed by atoms with E-state index in [9.17, 15) is 4.79 Å². The minimum absolute atomic E-state index is 0.113. The minimum atomic E-state index is -0.391. The van der Waals surface area contributed by atoms with Crippen LogP contribution in [0.3, 0.4) is 0 Å². The van der Waals surface area contributed by atoms with Crippen LogP contribution in [0.2, 0.25) is 5.02 Å². The molecule has 170 valence electrons. The van der Waals surface area contributed by atoms with Gasteiger partial charge in [-0.25, -0.2) is 4.68 Å². The average molecular weight is 481 g/mol. The van der Waals surface area contributed by atoms with Crippen LogP contribution in [0.25, 0.3) is 0 Å². The van der Waals surface area contributed by atoms with Crippen LogP contribution in [0.1, 0.15) is 43.9 Å². The molecule has 2 aliphatic rings. The quantitative estimate of drug-likeness (QED) is 0.459. The number of benzene rings is 2. The number of hydrogen-bond donors (Lipinski definition) is 1. The van der Waals surface area contributed by atoms with Crippen molar-refractivity contribution in [3.63, 3.8) is 0 Å². The lowest BCUT2D eigenvalue weighted by atomic mass is 9.73. The van der Waals surface area contributed by atoms with Gasteiger partial charge in [-0.3, -0.25) is 4.79 Å². The molecule has 1 aromatic heterocycles. The van der Waals surface area contributed by atoms with E-state index < -0.39 is 6.04 Å². The molecule has 2 heterocycles. The number of para-hydroxylation sites is 1. The number of aromatic nitrogens is 3. The number of halogens is 1. The molecular weight excluding hydrogens is 456 g/mol. The van der Waals surface area contributed by atoms with E-state index in [0.717, 1.165) is 39.6 Å². The third-order valence-corrected chi connectivity index (χ3v) is 7.32. The van der Waals surface area contributed by atoms with E-state index in [1.807, 2.05) is 53.2 Å². The fourth-order valence-electron chi connectivity index (χ4n) is 4.59. The number of rotatable bonds is 5. The van der Waals surface area contributed by atoms with Gasteiger partial charge in [-0.2, -0.15) is 4.98 Å². The molecule has 0 saturated heterocycles. The highest BCUT2D eigenvalue weighted by molar-refractivity contribution is 7.98. The molecule has 1 aliphatic carbocycles. The molecule has 8 heteroatoms. The van der Waals surface area contributed by atoms with Gasteiger partial charge >= 0.3 is 0 Å². The van der Waals surface area contributed by atoms with Crippen LogP contribution in [-0.2, 0) is 10.5 Å². The number of anilines is 1. The number of ether oxygens (including phenoxy) is 1. The third kappa shape index (κ3) is 4.15. The largest absolute Gasteiger partial charge is 0.496 e. The highest BCUT2D eigenvalue weighted by atomic mass is 35.5. The van der Waals surface area contributed by atoms with Gasteiger partial charge in [0.2, 0.25) is 11.1 Å². The van der Waals surface area contributed by atoms with Gasteiger partial charge in [0.25, 0.3) is 0 Å². The van der Waals surface area contributed by atoms with Gasteiger partial charge in [-0.05, 0) is 29.5 Å². The Morgan fingerprint density at radius 3 is 2.73 bits per heavy atom. The number of allylic oxidation sites excluding steroid dienone is 2. The molecule has 3 aromatic rings. The normalized spacial score (nSPS) is 19.0. The molecule has 1 N–H and O–H groups in total. The lowest BCUT2D eigenvalue weighted by Gasteiger charge is -2.38. The van der Waals surface area contributed by atoms with Gasteiger partial charge < -0.3 is 10.1 Å². The zero-order valence-corrected chi connectivity index (χ0v) is 20.3. The van der Waals surface area contributed by atoms with Crippen molar-refractivity contribution < 1.29 is 9.53 Å². The smallest absolute Gasteiger partial charge is 0.227 e. The zero-order chi connectivity index (χ0) is 23.2. The van der Waals surface area contributed by atoms with Gasteiger partial charge in [-0.15, -0.1) is 5.10 Å². The van der Waals surface area contributed by atoms with Crippen molar-refractivity contribution in [2.75, 3.05) is 12.4 Å².